The Hall–Kier alpha value is -2.48. The molecule has 25 heavy (non-hydrogen) atoms. The predicted octanol–water partition coefficient (Wildman–Crippen LogP) is 2.15. The third kappa shape index (κ3) is 4.99. The van der Waals surface area contributed by atoms with Crippen molar-refractivity contribution in [2.75, 3.05) is 0 Å². The van der Waals surface area contributed by atoms with Crippen LogP contribution in [0, 0.1) is 0 Å². The molecule has 0 saturated heterocycles. The average molecular weight is 361 g/mol. The maximum Gasteiger partial charge on any atom is 0.321 e. The summed E-state index contributed by atoms with van der Waals surface area (Å²) in [6.45, 7) is 1.44. The third-order valence-electron chi connectivity index (χ3n) is 3.71. The number of esters is 1. The van der Waals surface area contributed by atoms with E-state index in [1.165, 1.54) is 18.3 Å². The molecule has 8 heteroatoms. The normalized spacial score (nSPS) is 14.8. The molecule has 2 aromatic rings. The first kappa shape index (κ1) is 17.3. The molecule has 3 rings (SSSR count). The van der Waals surface area contributed by atoms with E-state index in [0.717, 1.165) is 28.1 Å². The number of urea groups is 1. The molecule has 1 atom stereocenters. The maximum absolute atomic E-state index is 11.9. The van der Waals surface area contributed by atoms with Crippen molar-refractivity contribution in [3.05, 3.63) is 29.3 Å². The van der Waals surface area contributed by atoms with Gasteiger partial charge in [0.25, 0.3) is 5.91 Å². The Morgan fingerprint density at radius 2 is 2.08 bits per heavy atom. The number of nitrogens with zero attached hydrogens (tertiary/aromatic N) is 1. The van der Waals surface area contributed by atoms with Crippen LogP contribution in [0.1, 0.15) is 31.2 Å². The molecule has 132 valence electrons. The van der Waals surface area contributed by atoms with Gasteiger partial charge in [-0.1, -0.05) is 12.1 Å². The van der Waals surface area contributed by atoms with Crippen LogP contribution in [0.4, 0.5) is 4.79 Å². The molecule has 1 unspecified atom stereocenters. The zero-order chi connectivity index (χ0) is 17.8. The molecule has 1 aliphatic rings. The third-order valence-corrected chi connectivity index (χ3v) is 4.80. The lowest BCUT2D eigenvalue weighted by Gasteiger charge is -2.13. The van der Waals surface area contributed by atoms with Crippen molar-refractivity contribution in [2.24, 2.45) is 0 Å². The van der Waals surface area contributed by atoms with Crippen molar-refractivity contribution in [3.63, 3.8) is 0 Å². The molecule has 3 amide bonds. The van der Waals surface area contributed by atoms with Gasteiger partial charge in [0.05, 0.1) is 21.6 Å². The van der Waals surface area contributed by atoms with Gasteiger partial charge in [-0.25, -0.2) is 9.78 Å². The van der Waals surface area contributed by atoms with Crippen LogP contribution in [0.2, 0.25) is 0 Å². The van der Waals surface area contributed by atoms with Crippen molar-refractivity contribution in [2.45, 2.75) is 44.8 Å². The van der Waals surface area contributed by atoms with Crippen molar-refractivity contribution in [1.82, 2.24) is 15.6 Å². The average Bonchev–Trinajstić information content (AvgIpc) is 3.28. The Bertz CT molecular complexity index is 767. The van der Waals surface area contributed by atoms with Gasteiger partial charge in [0.1, 0.15) is 0 Å². The first-order valence-electron chi connectivity index (χ1n) is 8.16. The zero-order valence-electron chi connectivity index (χ0n) is 13.8. The van der Waals surface area contributed by atoms with Crippen LogP contribution < -0.4 is 10.6 Å². The molecule has 0 spiro atoms. The lowest BCUT2D eigenvalue weighted by atomic mass is 10.3. The molecule has 2 N–H and O–H groups in total. The van der Waals surface area contributed by atoms with E-state index in [0.29, 0.717) is 6.42 Å². The SMILES string of the molecule is CC(OC(=O)CCc1nc2ccccc2s1)C(=O)NC(=O)NC1CC1. The van der Waals surface area contributed by atoms with Gasteiger partial charge >= 0.3 is 12.0 Å². The minimum Gasteiger partial charge on any atom is -0.453 e. The zero-order valence-corrected chi connectivity index (χ0v) is 14.6. The van der Waals surface area contributed by atoms with E-state index in [-0.39, 0.29) is 12.5 Å². The molecular formula is C17H19N3O4S. The number of para-hydroxylation sites is 1. The van der Waals surface area contributed by atoms with Crippen molar-refractivity contribution >= 4 is 39.5 Å². The number of carbonyl (C=O) groups excluding carboxylic acids is 3. The highest BCUT2D eigenvalue weighted by Gasteiger charge is 2.25. The number of benzene rings is 1. The fraction of sp³-hybridized carbons (Fsp3) is 0.412. The van der Waals surface area contributed by atoms with E-state index in [9.17, 15) is 14.4 Å². The predicted molar refractivity (Wildman–Crippen MR) is 93.2 cm³/mol. The van der Waals surface area contributed by atoms with Gasteiger partial charge < -0.3 is 10.1 Å². The number of carbonyl (C=O) groups is 3. The van der Waals surface area contributed by atoms with Gasteiger partial charge in [0, 0.05) is 12.5 Å². The Labute approximate surface area is 148 Å². The number of fused-ring (bicyclic) bond motifs is 1. The minimum absolute atomic E-state index is 0.131. The number of rotatable bonds is 6. The molecule has 1 heterocycles. The second kappa shape index (κ2) is 7.60. The largest absolute Gasteiger partial charge is 0.453 e. The number of hydrogen-bond donors (Lipinski definition) is 2. The number of nitrogens with one attached hydrogen (secondary N) is 2. The molecule has 1 aromatic heterocycles. The number of ether oxygens (including phenoxy) is 1. The number of aromatic nitrogens is 1. The lowest BCUT2D eigenvalue weighted by molar-refractivity contribution is -0.154. The number of amides is 3. The molecule has 1 aromatic carbocycles. The van der Waals surface area contributed by atoms with Crippen LogP contribution in [-0.2, 0) is 20.7 Å². The highest BCUT2D eigenvalue weighted by atomic mass is 32.1. The van der Waals surface area contributed by atoms with Crippen LogP contribution in [0.5, 0.6) is 0 Å². The summed E-state index contributed by atoms with van der Waals surface area (Å²) in [5.74, 6) is -1.13. The Morgan fingerprint density at radius 3 is 2.80 bits per heavy atom. The summed E-state index contributed by atoms with van der Waals surface area (Å²) >= 11 is 1.53. The van der Waals surface area contributed by atoms with Gasteiger partial charge in [0.2, 0.25) is 0 Å². The van der Waals surface area contributed by atoms with Crippen LogP contribution in [-0.4, -0.2) is 35.0 Å². The summed E-state index contributed by atoms with van der Waals surface area (Å²) in [6.07, 6.45) is 1.42. The van der Waals surface area contributed by atoms with E-state index in [1.807, 2.05) is 24.3 Å². The fourth-order valence-electron chi connectivity index (χ4n) is 2.21. The summed E-state index contributed by atoms with van der Waals surface area (Å²) < 4.78 is 6.15. The van der Waals surface area contributed by atoms with Crippen LogP contribution in [0.25, 0.3) is 10.2 Å². The molecule has 7 nitrogen and oxygen atoms in total. The summed E-state index contributed by atoms with van der Waals surface area (Å²) in [5.41, 5.74) is 0.908. The van der Waals surface area contributed by atoms with Gasteiger partial charge in [-0.05, 0) is 31.9 Å². The van der Waals surface area contributed by atoms with Crippen molar-refractivity contribution < 1.29 is 19.1 Å². The first-order valence-corrected chi connectivity index (χ1v) is 8.98. The number of hydrogen-bond acceptors (Lipinski definition) is 6. The lowest BCUT2D eigenvalue weighted by Crippen LogP contribution is -2.45. The minimum atomic E-state index is -1.02. The van der Waals surface area contributed by atoms with Crippen LogP contribution >= 0.6 is 11.3 Å². The van der Waals surface area contributed by atoms with E-state index >= 15 is 0 Å². The van der Waals surface area contributed by atoms with Gasteiger partial charge in [0.15, 0.2) is 6.10 Å². The second-order valence-corrected chi connectivity index (χ2v) is 7.06. The van der Waals surface area contributed by atoms with Crippen LogP contribution in [0.15, 0.2) is 24.3 Å². The molecule has 1 saturated carbocycles. The molecule has 0 radical (unpaired) electrons. The van der Waals surface area contributed by atoms with Gasteiger partial charge in [-0.2, -0.15) is 0 Å². The van der Waals surface area contributed by atoms with Gasteiger partial charge in [-0.15, -0.1) is 11.3 Å². The van der Waals surface area contributed by atoms with E-state index in [1.54, 1.807) is 0 Å². The molecular weight excluding hydrogens is 342 g/mol. The van der Waals surface area contributed by atoms with E-state index in [2.05, 4.69) is 15.6 Å². The summed E-state index contributed by atoms with van der Waals surface area (Å²) in [7, 11) is 0. The monoisotopic (exact) mass is 361 g/mol. The topological polar surface area (TPSA) is 97.4 Å². The van der Waals surface area contributed by atoms with E-state index in [4.69, 9.17) is 4.74 Å². The summed E-state index contributed by atoms with van der Waals surface area (Å²) in [6, 6.07) is 7.36. The quantitative estimate of drug-likeness (QED) is 0.769. The van der Waals surface area contributed by atoms with Crippen LogP contribution in [0.3, 0.4) is 0 Å². The molecule has 0 bridgehead atoms. The highest BCUT2D eigenvalue weighted by molar-refractivity contribution is 7.18. The van der Waals surface area contributed by atoms with Crippen molar-refractivity contribution in [1.29, 1.82) is 0 Å². The standard InChI is InChI=1S/C17H19N3O4S/c1-10(16(22)20-17(23)18-11-6-7-11)24-15(21)9-8-14-19-12-4-2-3-5-13(12)25-14/h2-5,10-11H,6-9H2,1H3,(H2,18,20,22,23). The highest BCUT2D eigenvalue weighted by Crippen LogP contribution is 2.22. The number of aryl methyl sites for hydroxylation is 1. The molecule has 1 fully saturated rings. The Kier molecular flexibility index (Phi) is 5.28. The summed E-state index contributed by atoms with van der Waals surface area (Å²) in [5, 5.41) is 5.65. The smallest absolute Gasteiger partial charge is 0.321 e. The summed E-state index contributed by atoms with van der Waals surface area (Å²) in [4.78, 5) is 39.7. The Balaban J connectivity index is 1.42. The molecule has 0 aliphatic heterocycles. The number of thiazole rings is 1. The first-order chi connectivity index (χ1) is 12.0. The van der Waals surface area contributed by atoms with Gasteiger partial charge in [-0.3, -0.25) is 14.9 Å². The van der Waals surface area contributed by atoms with Crippen molar-refractivity contribution in [3.8, 4) is 0 Å². The second-order valence-electron chi connectivity index (χ2n) is 5.94. The van der Waals surface area contributed by atoms with E-state index < -0.39 is 24.0 Å². The fourth-order valence-corrected chi connectivity index (χ4v) is 3.17. The number of imide groups is 1. The Morgan fingerprint density at radius 1 is 1.32 bits per heavy atom. The molecule has 1 aliphatic carbocycles. The maximum atomic E-state index is 11.9.